The molecular weight excluding hydrogens is 386 g/mol. The highest BCUT2D eigenvalue weighted by molar-refractivity contribution is 6.33. The Morgan fingerprint density at radius 3 is 2.34 bits per heavy atom. The molecule has 150 valence electrons. The van der Waals surface area contributed by atoms with Gasteiger partial charge in [-0.3, -0.25) is 14.5 Å². The molecule has 29 heavy (non-hydrogen) atoms. The van der Waals surface area contributed by atoms with Crippen molar-refractivity contribution in [2.75, 3.05) is 25.5 Å². The molecule has 0 spiro atoms. The Kier molecular flexibility index (Phi) is 6.86. The van der Waals surface area contributed by atoms with Crippen LogP contribution in [0.15, 0.2) is 66.7 Å². The van der Waals surface area contributed by atoms with Crippen molar-refractivity contribution in [3.05, 3.63) is 77.3 Å². The number of nitrogens with zero attached hydrogens (tertiary/aromatic N) is 1. The molecule has 0 aliphatic carbocycles. The number of hydrogen-bond acceptors (Lipinski definition) is 3. The minimum absolute atomic E-state index is 0.0863. The number of hydrogen-bond donors (Lipinski definition) is 2. The molecule has 0 aliphatic rings. The third-order valence-corrected chi connectivity index (χ3v) is 4.96. The minimum Gasteiger partial charge on any atom is -0.348 e. The zero-order valence-corrected chi connectivity index (χ0v) is 17.2. The van der Waals surface area contributed by atoms with Crippen LogP contribution < -0.4 is 10.6 Å². The second-order valence-corrected chi connectivity index (χ2v) is 7.50. The molecule has 0 heterocycles. The van der Waals surface area contributed by atoms with Gasteiger partial charge < -0.3 is 10.6 Å². The van der Waals surface area contributed by atoms with E-state index < -0.39 is 0 Å². The molecule has 0 saturated carbocycles. The third kappa shape index (κ3) is 5.79. The first-order valence-corrected chi connectivity index (χ1v) is 9.81. The fourth-order valence-corrected chi connectivity index (χ4v) is 3.33. The van der Waals surface area contributed by atoms with Crippen LogP contribution in [0.5, 0.6) is 0 Å². The predicted molar refractivity (Wildman–Crippen MR) is 118 cm³/mol. The van der Waals surface area contributed by atoms with Gasteiger partial charge in [0.15, 0.2) is 0 Å². The lowest BCUT2D eigenvalue weighted by Crippen LogP contribution is -2.39. The highest BCUT2D eigenvalue weighted by atomic mass is 35.5. The van der Waals surface area contributed by atoms with E-state index in [0.717, 1.165) is 10.9 Å². The van der Waals surface area contributed by atoms with Crippen LogP contribution in [0.25, 0.3) is 10.8 Å². The van der Waals surface area contributed by atoms with E-state index in [4.69, 9.17) is 11.6 Å². The Labute approximate surface area is 175 Å². The largest absolute Gasteiger partial charge is 0.348 e. The minimum atomic E-state index is -0.226. The van der Waals surface area contributed by atoms with Gasteiger partial charge in [0.2, 0.25) is 11.8 Å². The van der Waals surface area contributed by atoms with E-state index in [2.05, 4.69) is 34.9 Å². The molecule has 2 N–H and O–H groups in total. The molecule has 2 amide bonds. The first-order chi connectivity index (χ1) is 13.9. The summed E-state index contributed by atoms with van der Waals surface area (Å²) in [7, 11) is 1.73. The first-order valence-electron chi connectivity index (χ1n) is 9.43. The van der Waals surface area contributed by atoms with Crippen molar-refractivity contribution >= 4 is 39.9 Å². The van der Waals surface area contributed by atoms with Gasteiger partial charge in [-0.05, 0) is 48.5 Å². The van der Waals surface area contributed by atoms with Crippen molar-refractivity contribution in [3.63, 3.8) is 0 Å². The van der Waals surface area contributed by atoms with Crippen molar-refractivity contribution in [2.45, 2.75) is 13.0 Å². The van der Waals surface area contributed by atoms with Crippen molar-refractivity contribution in [1.29, 1.82) is 0 Å². The standard InChI is InChI=1S/C23H24ClN3O2/c1-16(18-12-11-17-7-3-4-8-19(17)13-18)25-22(28)14-27(2)15-23(29)26-21-10-6-5-9-20(21)24/h3-13,16H,14-15H2,1-2H3,(H,25,28)(H,26,29)/t16-/m1/s1. The average Bonchev–Trinajstić information content (AvgIpc) is 2.69. The number of carbonyl (C=O) groups excluding carboxylic acids is 2. The zero-order valence-electron chi connectivity index (χ0n) is 16.5. The van der Waals surface area contributed by atoms with Gasteiger partial charge in [0, 0.05) is 0 Å². The van der Waals surface area contributed by atoms with Crippen LogP contribution in [-0.2, 0) is 9.59 Å². The maximum Gasteiger partial charge on any atom is 0.238 e. The first kappa shape index (κ1) is 20.8. The summed E-state index contributed by atoms with van der Waals surface area (Å²) in [4.78, 5) is 26.2. The molecule has 0 aromatic heterocycles. The summed E-state index contributed by atoms with van der Waals surface area (Å²) in [6.45, 7) is 2.16. The quantitative estimate of drug-likeness (QED) is 0.613. The summed E-state index contributed by atoms with van der Waals surface area (Å²) >= 11 is 6.05. The fourth-order valence-electron chi connectivity index (χ4n) is 3.15. The SMILES string of the molecule is C[C@@H](NC(=O)CN(C)CC(=O)Nc1ccccc1Cl)c1ccc2ccccc2c1. The summed E-state index contributed by atoms with van der Waals surface area (Å²) in [6, 6.07) is 21.2. The van der Waals surface area contributed by atoms with E-state index in [9.17, 15) is 9.59 Å². The summed E-state index contributed by atoms with van der Waals surface area (Å²) < 4.78 is 0. The van der Waals surface area contributed by atoms with Gasteiger partial charge in [0.25, 0.3) is 0 Å². The lowest BCUT2D eigenvalue weighted by molar-refractivity contribution is -0.123. The van der Waals surface area contributed by atoms with E-state index in [1.54, 1.807) is 36.2 Å². The maximum absolute atomic E-state index is 12.4. The van der Waals surface area contributed by atoms with Crippen LogP contribution in [0.4, 0.5) is 5.69 Å². The number of rotatable bonds is 7. The topological polar surface area (TPSA) is 61.4 Å². The van der Waals surface area contributed by atoms with Gasteiger partial charge >= 0.3 is 0 Å². The molecule has 3 aromatic carbocycles. The Hall–Kier alpha value is -2.89. The molecule has 1 atom stereocenters. The molecule has 5 nitrogen and oxygen atoms in total. The number of carbonyl (C=O) groups is 2. The van der Waals surface area contributed by atoms with Gasteiger partial charge in [-0.2, -0.15) is 0 Å². The van der Waals surface area contributed by atoms with Crippen molar-refractivity contribution < 1.29 is 9.59 Å². The Morgan fingerprint density at radius 2 is 1.59 bits per heavy atom. The Balaban J connectivity index is 1.51. The highest BCUT2D eigenvalue weighted by Crippen LogP contribution is 2.21. The summed E-state index contributed by atoms with van der Waals surface area (Å²) in [5, 5.41) is 8.53. The smallest absolute Gasteiger partial charge is 0.238 e. The van der Waals surface area contributed by atoms with Crippen LogP contribution in [-0.4, -0.2) is 36.9 Å². The number of fused-ring (bicyclic) bond motifs is 1. The highest BCUT2D eigenvalue weighted by Gasteiger charge is 2.14. The molecule has 0 bridgehead atoms. The van der Waals surface area contributed by atoms with Crippen LogP contribution in [0.1, 0.15) is 18.5 Å². The number of nitrogens with one attached hydrogen (secondary N) is 2. The number of likely N-dealkylation sites (N-methyl/N-ethyl adjacent to an activating group) is 1. The molecule has 3 rings (SSSR count). The number of benzene rings is 3. The molecule has 0 aliphatic heterocycles. The summed E-state index contributed by atoms with van der Waals surface area (Å²) in [5.74, 6) is -0.366. The molecule has 6 heteroatoms. The predicted octanol–water partition coefficient (Wildman–Crippen LogP) is 4.24. The molecule has 0 fully saturated rings. The fraction of sp³-hybridized carbons (Fsp3) is 0.217. The summed E-state index contributed by atoms with van der Waals surface area (Å²) in [5.41, 5.74) is 1.60. The van der Waals surface area contributed by atoms with Gasteiger partial charge in [-0.25, -0.2) is 0 Å². The average molecular weight is 410 g/mol. The van der Waals surface area contributed by atoms with Crippen LogP contribution in [0.3, 0.4) is 0 Å². The van der Waals surface area contributed by atoms with Crippen LogP contribution >= 0.6 is 11.6 Å². The van der Waals surface area contributed by atoms with Gasteiger partial charge in [0.05, 0.1) is 29.8 Å². The third-order valence-electron chi connectivity index (χ3n) is 4.63. The van der Waals surface area contributed by atoms with Crippen molar-refractivity contribution in [2.24, 2.45) is 0 Å². The van der Waals surface area contributed by atoms with E-state index in [0.29, 0.717) is 10.7 Å². The van der Waals surface area contributed by atoms with E-state index in [1.807, 2.05) is 25.1 Å². The second kappa shape index (κ2) is 9.54. The molecule has 0 radical (unpaired) electrons. The number of para-hydroxylation sites is 1. The molecular formula is C23H24ClN3O2. The van der Waals surface area contributed by atoms with Crippen molar-refractivity contribution in [3.8, 4) is 0 Å². The monoisotopic (exact) mass is 409 g/mol. The second-order valence-electron chi connectivity index (χ2n) is 7.10. The molecule has 0 saturated heterocycles. The van der Waals surface area contributed by atoms with Crippen LogP contribution in [0, 0.1) is 0 Å². The Bertz CT molecular complexity index is 1020. The normalized spacial score (nSPS) is 12.0. The van der Waals surface area contributed by atoms with Gasteiger partial charge in [-0.15, -0.1) is 0 Å². The zero-order chi connectivity index (χ0) is 20.8. The lowest BCUT2D eigenvalue weighted by atomic mass is 10.0. The van der Waals surface area contributed by atoms with E-state index >= 15 is 0 Å². The number of amides is 2. The van der Waals surface area contributed by atoms with Crippen LogP contribution in [0.2, 0.25) is 5.02 Å². The van der Waals surface area contributed by atoms with Gasteiger partial charge in [0.1, 0.15) is 0 Å². The van der Waals surface area contributed by atoms with E-state index in [-0.39, 0.29) is 30.9 Å². The van der Waals surface area contributed by atoms with Crippen molar-refractivity contribution in [1.82, 2.24) is 10.2 Å². The number of anilines is 1. The van der Waals surface area contributed by atoms with Gasteiger partial charge in [-0.1, -0.05) is 60.1 Å². The summed E-state index contributed by atoms with van der Waals surface area (Å²) in [6.07, 6.45) is 0. The lowest BCUT2D eigenvalue weighted by Gasteiger charge is -2.19. The van der Waals surface area contributed by atoms with E-state index in [1.165, 1.54) is 5.39 Å². The molecule has 3 aromatic rings. The Morgan fingerprint density at radius 1 is 0.931 bits per heavy atom. The number of halogens is 1. The molecule has 0 unspecified atom stereocenters. The maximum atomic E-state index is 12.4.